The van der Waals surface area contributed by atoms with E-state index < -0.39 is 65.7 Å². The number of ether oxygens (including phenoxy) is 1. The summed E-state index contributed by atoms with van der Waals surface area (Å²) < 4.78 is 5.29. The number of esters is 1. The van der Waals surface area contributed by atoms with Crippen molar-refractivity contribution in [2.75, 3.05) is 18.4 Å². The molecule has 1 heterocycles. The first-order valence-corrected chi connectivity index (χ1v) is 14.2. The van der Waals surface area contributed by atoms with Gasteiger partial charge in [-0.2, -0.15) is 0 Å². The van der Waals surface area contributed by atoms with Crippen LogP contribution in [0.15, 0.2) is 36.4 Å². The van der Waals surface area contributed by atoms with Crippen LogP contribution in [0, 0.1) is 5.41 Å². The molecule has 0 saturated carbocycles. The van der Waals surface area contributed by atoms with Crippen LogP contribution >= 0.6 is 0 Å². The predicted octanol–water partition coefficient (Wildman–Crippen LogP) is -0.885. The van der Waals surface area contributed by atoms with Crippen molar-refractivity contribution in [2.45, 2.75) is 71.4 Å². The predicted molar refractivity (Wildman–Crippen MR) is 160 cm³/mol. The van der Waals surface area contributed by atoms with Crippen LogP contribution in [-0.2, 0) is 40.1 Å². The van der Waals surface area contributed by atoms with Crippen molar-refractivity contribution in [3.8, 4) is 0 Å². The molecule has 0 aliphatic carbocycles. The normalized spacial score (nSPS) is 15.5. The van der Waals surface area contributed by atoms with E-state index in [1.165, 1.54) is 6.08 Å². The van der Waals surface area contributed by atoms with Gasteiger partial charge in [0, 0.05) is 31.3 Å². The molecule has 3 atom stereocenters. The van der Waals surface area contributed by atoms with E-state index in [1.54, 1.807) is 45.0 Å². The Morgan fingerprint density at radius 3 is 2.22 bits per heavy atom. The van der Waals surface area contributed by atoms with Gasteiger partial charge in [0.25, 0.3) is 0 Å². The van der Waals surface area contributed by atoms with Crippen LogP contribution in [-0.4, -0.2) is 82.9 Å². The molecular formula is C29H41N7O9. The van der Waals surface area contributed by atoms with E-state index in [1.807, 2.05) is 0 Å². The van der Waals surface area contributed by atoms with Gasteiger partial charge in [0.2, 0.25) is 29.5 Å². The maximum Gasteiger partial charge on any atom is 0.312 e. The van der Waals surface area contributed by atoms with Crippen molar-refractivity contribution in [3.63, 3.8) is 0 Å². The molecule has 0 saturated heterocycles. The lowest BCUT2D eigenvalue weighted by atomic mass is 9.97. The Morgan fingerprint density at radius 2 is 1.67 bits per heavy atom. The minimum absolute atomic E-state index is 0.0364. The number of primary amides is 2. The number of aliphatic hydroxyl groups excluding tert-OH is 1. The molecule has 0 fully saturated rings. The van der Waals surface area contributed by atoms with Crippen molar-refractivity contribution in [3.05, 3.63) is 42.0 Å². The number of nitrogens with two attached hydrogens (primary N) is 2. The fraction of sp³-hybridized carbons (Fsp3) is 0.483. The SMILES string of the molecule is CC(C)(C)C(=O)OCc1ccc(NC(=O)[C@H](CCCNC(N)=O)NC(=O)[C@H](CC(N)=O)NC(=O)CCN2C(=O)C=CC2O)cc1. The minimum Gasteiger partial charge on any atom is -0.460 e. The van der Waals surface area contributed by atoms with Gasteiger partial charge in [-0.05, 0) is 57.4 Å². The number of urea groups is 1. The number of nitrogens with zero attached hydrogens (tertiary/aromatic N) is 1. The highest BCUT2D eigenvalue weighted by Gasteiger charge is 2.29. The maximum atomic E-state index is 13.2. The Bertz CT molecular complexity index is 1290. The zero-order valence-electron chi connectivity index (χ0n) is 25.5. The molecule has 0 bridgehead atoms. The lowest BCUT2D eigenvalue weighted by Crippen LogP contribution is -2.54. The molecule has 0 spiro atoms. The Hall–Kier alpha value is -4.99. The second-order valence-corrected chi connectivity index (χ2v) is 11.4. The highest BCUT2D eigenvalue weighted by molar-refractivity contribution is 5.99. The smallest absolute Gasteiger partial charge is 0.312 e. The van der Waals surface area contributed by atoms with E-state index in [0.717, 1.165) is 11.0 Å². The number of nitrogens with one attached hydrogen (secondary N) is 4. The summed E-state index contributed by atoms with van der Waals surface area (Å²) in [5, 5.41) is 19.8. The van der Waals surface area contributed by atoms with E-state index in [9.17, 15) is 38.7 Å². The molecule has 1 aromatic rings. The van der Waals surface area contributed by atoms with Crippen molar-refractivity contribution in [1.82, 2.24) is 20.9 Å². The van der Waals surface area contributed by atoms with Gasteiger partial charge in [0.05, 0.1) is 11.8 Å². The number of amides is 7. The highest BCUT2D eigenvalue weighted by atomic mass is 16.5. The summed E-state index contributed by atoms with van der Waals surface area (Å²) in [5.74, 6) is -3.96. The average molecular weight is 632 g/mol. The van der Waals surface area contributed by atoms with Gasteiger partial charge in [-0.15, -0.1) is 0 Å². The Morgan fingerprint density at radius 1 is 1.00 bits per heavy atom. The number of carbonyl (C=O) groups is 7. The second-order valence-electron chi connectivity index (χ2n) is 11.4. The van der Waals surface area contributed by atoms with E-state index in [4.69, 9.17) is 16.2 Å². The molecule has 1 aliphatic heterocycles. The van der Waals surface area contributed by atoms with Gasteiger partial charge in [0.1, 0.15) is 24.9 Å². The third-order valence-corrected chi connectivity index (χ3v) is 6.46. The summed E-state index contributed by atoms with van der Waals surface area (Å²) in [7, 11) is 0. The summed E-state index contributed by atoms with van der Waals surface area (Å²) in [6.07, 6.45) is 0.636. The molecule has 1 aliphatic rings. The maximum absolute atomic E-state index is 13.2. The summed E-state index contributed by atoms with van der Waals surface area (Å²) >= 11 is 0. The number of hydrogen-bond donors (Lipinski definition) is 7. The lowest BCUT2D eigenvalue weighted by Gasteiger charge is -2.24. The fourth-order valence-corrected chi connectivity index (χ4v) is 3.98. The molecule has 246 valence electrons. The summed E-state index contributed by atoms with van der Waals surface area (Å²) in [6, 6.07) is 3.09. The largest absolute Gasteiger partial charge is 0.460 e. The topological polar surface area (TPSA) is 252 Å². The Kier molecular flexibility index (Phi) is 13.5. The zero-order chi connectivity index (χ0) is 33.7. The van der Waals surface area contributed by atoms with Crippen LogP contribution in [0.5, 0.6) is 0 Å². The number of rotatable bonds is 16. The molecule has 9 N–H and O–H groups in total. The number of hydrogen-bond acceptors (Lipinski definition) is 9. The minimum atomic E-state index is -1.44. The number of benzene rings is 1. The molecule has 0 aromatic heterocycles. The molecule has 16 nitrogen and oxygen atoms in total. The highest BCUT2D eigenvalue weighted by Crippen LogP contribution is 2.18. The molecule has 45 heavy (non-hydrogen) atoms. The third-order valence-electron chi connectivity index (χ3n) is 6.46. The number of anilines is 1. The summed E-state index contributed by atoms with van der Waals surface area (Å²) in [6.45, 7) is 5.20. The van der Waals surface area contributed by atoms with Crippen molar-refractivity contribution in [1.29, 1.82) is 0 Å². The molecule has 2 rings (SSSR count). The van der Waals surface area contributed by atoms with E-state index in [0.29, 0.717) is 11.3 Å². The lowest BCUT2D eigenvalue weighted by molar-refractivity contribution is -0.154. The van der Waals surface area contributed by atoms with Crippen molar-refractivity contribution < 1.29 is 43.4 Å². The van der Waals surface area contributed by atoms with Gasteiger partial charge in [-0.1, -0.05) is 12.1 Å². The quantitative estimate of drug-likeness (QED) is 0.0882. The van der Waals surface area contributed by atoms with Crippen LogP contribution in [0.4, 0.5) is 10.5 Å². The monoisotopic (exact) mass is 631 g/mol. The molecule has 7 amide bonds. The average Bonchev–Trinajstić information content (AvgIpc) is 3.27. The first-order valence-electron chi connectivity index (χ1n) is 14.2. The summed E-state index contributed by atoms with van der Waals surface area (Å²) in [4.78, 5) is 86.5. The van der Waals surface area contributed by atoms with Gasteiger partial charge < -0.3 is 47.5 Å². The van der Waals surface area contributed by atoms with Gasteiger partial charge >= 0.3 is 12.0 Å². The number of aliphatic hydroxyl groups is 1. The van der Waals surface area contributed by atoms with Crippen LogP contribution in [0.2, 0.25) is 0 Å². The van der Waals surface area contributed by atoms with Gasteiger partial charge in [0.15, 0.2) is 0 Å². The van der Waals surface area contributed by atoms with Crippen molar-refractivity contribution >= 4 is 47.2 Å². The molecule has 16 heteroatoms. The summed E-state index contributed by atoms with van der Waals surface area (Å²) in [5.41, 5.74) is 10.8. The van der Waals surface area contributed by atoms with E-state index in [2.05, 4.69) is 21.3 Å². The fourth-order valence-electron chi connectivity index (χ4n) is 3.98. The third kappa shape index (κ3) is 12.6. The second kappa shape index (κ2) is 16.7. The first-order chi connectivity index (χ1) is 21.1. The number of carbonyl (C=O) groups excluding carboxylic acids is 7. The molecule has 1 aromatic carbocycles. The molecule has 0 radical (unpaired) electrons. The van der Waals surface area contributed by atoms with Gasteiger partial charge in [-0.3, -0.25) is 28.8 Å². The van der Waals surface area contributed by atoms with Crippen LogP contribution < -0.4 is 32.7 Å². The van der Waals surface area contributed by atoms with Crippen LogP contribution in [0.1, 0.15) is 52.0 Å². The van der Waals surface area contributed by atoms with Gasteiger partial charge in [-0.25, -0.2) is 4.79 Å². The van der Waals surface area contributed by atoms with E-state index in [-0.39, 0.29) is 44.9 Å². The molecule has 1 unspecified atom stereocenters. The van der Waals surface area contributed by atoms with E-state index >= 15 is 0 Å². The van der Waals surface area contributed by atoms with Crippen LogP contribution in [0.25, 0.3) is 0 Å². The molecular weight excluding hydrogens is 590 g/mol. The Balaban J connectivity index is 2.07. The zero-order valence-corrected chi connectivity index (χ0v) is 25.5. The first kappa shape index (κ1) is 36.2. The van der Waals surface area contributed by atoms with Crippen molar-refractivity contribution in [2.24, 2.45) is 16.9 Å². The standard InChI is InChI=1S/C29H41N7O9/c1-29(2,3)27(43)45-16-17-6-8-18(9-7-17)33-25(41)19(5-4-13-32-28(31)44)35-26(42)20(15-21(30)37)34-22(38)12-14-36-23(39)10-11-24(36)40/h6-11,19-20,23,39H,4-5,12-16H2,1-3H3,(H2,30,37)(H,33,41)(H,34,38)(H,35,42)(H3,31,32,44)/t19-,20-,23?/m0/s1. The Labute approximate surface area is 260 Å². The van der Waals surface area contributed by atoms with Crippen LogP contribution in [0.3, 0.4) is 0 Å².